The van der Waals surface area contributed by atoms with Crippen LogP contribution >= 0.6 is 0 Å². The van der Waals surface area contributed by atoms with E-state index in [4.69, 9.17) is 5.73 Å². The Morgan fingerprint density at radius 3 is 2.95 bits per heavy atom. The molecule has 1 atom stereocenters. The normalized spacial score (nSPS) is 22.8. The molecule has 110 valence electrons. The number of likely N-dealkylation sites (tertiary alicyclic amines) is 1. The lowest BCUT2D eigenvalue weighted by Crippen LogP contribution is -2.48. The molecule has 1 aromatic rings. The molecular formula is C12H19N5O3. The summed E-state index contributed by atoms with van der Waals surface area (Å²) in [5, 5.41) is 16.9. The van der Waals surface area contributed by atoms with Crippen molar-refractivity contribution in [3.63, 3.8) is 0 Å². The third-order valence-corrected chi connectivity index (χ3v) is 3.62. The van der Waals surface area contributed by atoms with Gasteiger partial charge in [0.1, 0.15) is 0 Å². The van der Waals surface area contributed by atoms with Crippen molar-refractivity contribution in [2.24, 2.45) is 11.1 Å². The minimum Gasteiger partial charge on any atom is -0.481 e. The quantitative estimate of drug-likeness (QED) is 0.773. The number of hydrogen-bond donors (Lipinski definition) is 2. The van der Waals surface area contributed by atoms with Gasteiger partial charge in [0.2, 0.25) is 0 Å². The first-order valence-corrected chi connectivity index (χ1v) is 6.59. The van der Waals surface area contributed by atoms with Crippen molar-refractivity contribution in [3.8, 4) is 0 Å². The number of amides is 1. The Morgan fingerprint density at radius 1 is 1.55 bits per heavy atom. The highest BCUT2D eigenvalue weighted by atomic mass is 16.4. The van der Waals surface area contributed by atoms with Gasteiger partial charge in [-0.15, -0.1) is 5.10 Å². The van der Waals surface area contributed by atoms with Crippen LogP contribution in [0.2, 0.25) is 0 Å². The summed E-state index contributed by atoms with van der Waals surface area (Å²) < 4.78 is 1.51. The van der Waals surface area contributed by atoms with Crippen molar-refractivity contribution in [2.75, 3.05) is 19.6 Å². The zero-order valence-corrected chi connectivity index (χ0v) is 11.4. The average Bonchev–Trinajstić information content (AvgIpc) is 2.87. The van der Waals surface area contributed by atoms with Crippen molar-refractivity contribution in [2.45, 2.75) is 26.3 Å². The van der Waals surface area contributed by atoms with Crippen LogP contribution in [-0.4, -0.2) is 56.5 Å². The lowest BCUT2D eigenvalue weighted by atomic mass is 9.82. The third-order valence-electron chi connectivity index (χ3n) is 3.62. The molecule has 1 amide bonds. The highest BCUT2D eigenvalue weighted by Gasteiger charge is 2.39. The number of piperidine rings is 1. The van der Waals surface area contributed by atoms with Crippen LogP contribution in [0.25, 0.3) is 0 Å². The first-order chi connectivity index (χ1) is 9.46. The predicted octanol–water partition coefficient (Wildman–Crippen LogP) is -0.436. The summed E-state index contributed by atoms with van der Waals surface area (Å²) in [6.07, 6.45) is 2.79. The molecule has 2 rings (SSSR count). The highest BCUT2D eigenvalue weighted by molar-refractivity contribution is 5.92. The SMILES string of the molecule is CC1(C(=O)O)CCCN(C(=O)c2cn(CCN)nn2)C1. The molecule has 1 aliphatic heterocycles. The van der Waals surface area contributed by atoms with Crippen LogP contribution in [0.4, 0.5) is 0 Å². The maximum Gasteiger partial charge on any atom is 0.311 e. The fourth-order valence-electron chi connectivity index (χ4n) is 2.39. The molecule has 0 aliphatic carbocycles. The van der Waals surface area contributed by atoms with Gasteiger partial charge >= 0.3 is 5.97 Å². The number of nitrogens with two attached hydrogens (primary N) is 1. The van der Waals surface area contributed by atoms with Crippen molar-refractivity contribution in [1.29, 1.82) is 0 Å². The molecule has 1 fully saturated rings. The Balaban J connectivity index is 2.10. The second kappa shape index (κ2) is 5.58. The highest BCUT2D eigenvalue weighted by Crippen LogP contribution is 2.30. The maximum atomic E-state index is 12.3. The number of aliphatic carboxylic acids is 1. The van der Waals surface area contributed by atoms with E-state index >= 15 is 0 Å². The van der Waals surface area contributed by atoms with E-state index < -0.39 is 11.4 Å². The summed E-state index contributed by atoms with van der Waals surface area (Å²) in [6.45, 7) is 3.32. The molecule has 0 bridgehead atoms. The van der Waals surface area contributed by atoms with Crippen LogP contribution in [0.15, 0.2) is 6.20 Å². The Kier molecular flexibility index (Phi) is 4.03. The second-order valence-corrected chi connectivity index (χ2v) is 5.35. The number of hydrogen-bond acceptors (Lipinski definition) is 5. The van der Waals surface area contributed by atoms with E-state index in [-0.39, 0.29) is 18.1 Å². The summed E-state index contributed by atoms with van der Waals surface area (Å²) in [4.78, 5) is 25.1. The van der Waals surface area contributed by atoms with Gasteiger partial charge in [-0.3, -0.25) is 14.3 Å². The summed E-state index contributed by atoms with van der Waals surface area (Å²) >= 11 is 0. The van der Waals surface area contributed by atoms with E-state index in [2.05, 4.69) is 10.3 Å². The predicted molar refractivity (Wildman–Crippen MR) is 70.0 cm³/mol. The minimum absolute atomic E-state index is 0.199. The molecule has 20 heavy (non-hydrogen) atoms. The van der Waals surface area contributed by atoms with Crippen molar-refractivity contribution < 1.29 is 14.7 Å². The molecule has 0 aromatic carbocycles. The first-order valence-electron chi connectivity index (χ1n) is 6.59. The van der Waals surface area contributed by atoms with E-state index in [1.54, 1.807) is 13.1 Å². The van der Waals surface area contributed by atoms with Gasteiger partial charge in [-0.1, -0.05) is 5.21 Å². The Hall–Kier alpha value is -1.96. The molecule has 3 N–H and O–H groups in total. The zero-order chi connectivity index (χ0) is 14.8. The van der Waals surface area contributed by atoms with E-state index in [1.807, 2.05) is 0 Å². The number of carboxylic acid groups (broad SMARTS) is 1. The fraction of sp³-hybridized carbons (Fsp3) is 0.667. The number of aromatic nitrogens is 3. The zero-order valence-electron chi connectivity index (χ0n) is 11.4. The Morgan fingerprint density at radius 2 is 2.30 bits per heavy atom. The fourth-order valence-corrected chi connectivity index (χ4v) is 2.39. The van der Waals surface area contributed by atoms with E-state index in [0.29, 0.717) is 32.5 Å². The maximum absolute atomic E-state index is 12.3. The van der Waals surface area contributed by atoms with Gasteiger partial charge in [0, 0.05) is 19.6 Å². The van der Waals surface area contributed by atoms with Crippen molar-refractivity contribution in [3.05, 3.63) is 11.9 Å². The van der Waals surface area contributed by atoms with Gasteiger partial charge in [-0.2, -0.15) is 0 Å². The van der Waals surface area contributed by atoms with Gasteiger partial charge in [0.25, 0.3) is 5.91 Å². The standard InChI is InChI=1S/C12H19N5O3/c1-12(11(19)20)3-2-5-16(8-12)10(18)9-7-17(6-4-13)15-14-9/h7H,2-6,8,13H2,1H3,(H,19,20). The van der Waals surface area contributed by atoms with Gasteiger partial charge in [-0.05, 0) is 19.8 Å². The van der Waals surface area contributed by atoms with Gasteiger partial charge < -0.3 is 15.7 Å². The van der Waals surface area contributed by atoms with Crippen LogP contribution in [0.1, 0.15) is 30.3 Å². The largest absolute Gasteiger partial charge is 0.481 e. The molecule has 0 saturated carbocycles. The minimum atomic E-state index is -0.888. The van der Waals surface area contributed by atoms with Gasteiger partial charge in [0.05, 0.1) is 18.2 Å². The van der Waals surface area contributed by atoms with Crippen molar-refractivity contribution in [1.82, 2.24) is 19.9 Å². The molecule has 0 spiro atoms. The van der Waals surface area contributed by atoms with Gasteiger partial charge in [-0.25, -0.2) is 0 Å². The topological polar surface area (TPSA) is 114 Å². The third kappa shape index (κ3) is 2.79. The lowest BCUT2D eigenvalue weighted by Gasteiger charge is -2.37. The number of carbonyl (C=O) groups excluding carboxylic acids is 1. The monoisotopic (exact) mass is 281 g/mol. The smallest absolute Gasteiger partial charge is 0.311 e. The molecule has 2 heterocycles. The molecule has 1 saturated heterocycles. The first kappa shape index (κ1) is 14.4. The molecule has 1 unspecified atom stereocenters. The number of rotatable bonds is 4. The van der Waals surface area contributed by atoms with Crippen molar-refractivity contribution >= 4 is 11.9 Å². The number of carboxylic acids is 1. The number of nitrogens with zero attached hydrogens (tertiary/aromatic N) is 4. The molecule has 1 aliphatic rings. The van der Waals surface area contributed by atoms with E-state index in [1.165, 1.54) is 9.58 Å². The Labute approximate surface area is 116 Å². The second-order valence-electron chi connectivity index (χ2n) is 5.35. The van der Waals surface area contributed by atoms with Crippen LogP contribution in [0, 0.1) is 5.41 Å². The van der Waals surface area contributed by atoms with E-state index in [0.717, 1.165) is 0 Å². The summed E-state index contributed by atoms with van der Waals surface area (Å²) in [5.41, 5.74) is 4.75. The molecule has 8 nitrogen and oxygen atoms in total. The summed E-state index contributed by atoms with van der Waals surface area (Å²) in [6, 6.07) is 0. The molecule has 8 heteroatoms. The van der Waals surface area contributed by atoms with Gasteiger partial charge in [0.15, 0.2) is 5.69 Å². The van der Waals surface area contributed by atoms with Crippen LogP contribution in [0.5, 0.6) is 0 Å². The Bertz CT molecular complexity index is 515. The summed E-state index contributed by atoms with van der Waals surface area (Å²) in [5.74, 6) is -1.15. The molecule has 0 radical (unpaired) electrons. The molecular weight excluding hydrogens is 262 g/mol. The van der Waals surface area contributed by atoms with Crippen LogP contribution in [-0.2, 0) is 11.3 Å². The average molecular weight is 281 g/mol. The summed E-state index contributed by atoms with van der Waals surface area (Å²) in [7, 11) is 0. The molecule has 1 aromatic heterocycles. The van der Waals surface area contributed by atoms with Crippen LogP contribution < -0.4 is 5.73 Å². The van der Waals surface area contributed by atoms with E-state index in [9.17, 15) is 14.7 Å². The van der Waals surface area contributed by atoms with Crippen LogP contribution in [0.3, 0.4) is 0 Å². The number of carbonyl (C=O) groups is 2. The lowest BCUT2D eigenvalue weighted by molar-refractivity contribution is -0.150.